The third kappa shape index (κ3) is 3.53. The fourth-order valence-corrected chi connectivity index (χ4v) is 4.20. The molecule has 5 N–H and O–H groups in total. The number of nitriles is 1. The lowest BCUT2D eigenvalue weighted by atomic mass is 9.95. The normalized spacial score (nSPS) is 34.8. The molecule has 26 heavy (non-hydrogen) atoms. The van der Waals surface area contributed by atoms with Crippen LogP contribution in [0.4, 0.5) is 0 Å². The molecule has 0 spiro atoms. The number of rotatable bonds is 4. The molecule has 3 heterocycles. The van der Waals surface area contributed by atoms with Crippen LogP contribution in [0.15, 0.2) is 45.2 Å². The van der Waals surface area contributed by atoms with Crippen LogP contribution in [-0.4, -0.2) is 56.9 Å². The number of hydrogen-bond donors (Lipinski definition) is 5. The highest BCUT2D eigenvalue weighted by atomic mass is 32.2. The molecule has 0 amide bonds. The first-order valence-corrected chi connectivity index (χ1v) is 8.94. The summed E-state index contributed by atoms with van der Waals surface area (Å²) < 4.78 is 10.9. The van der Waals surface area contributed by atoms with E-state index in [1.54, 1.807) is 12.1 Å². The smallest absolute Gasteiger partial charge is 0.138 e. The molecule has 0 bridgehead atoms. The second kappa shape index (κ2) is 7.84. The zero-order chi connectivity index (χ0) is 18.8. The number of hydrogen-bond acceptors (Lipinski definition) is 9. The Hall–Kier alpha value is -1.80. The largest absolute Gasteiger partial charge is 0.468 e. The summed E-state index contributed by atoms with van der Waals surface area (Å²) in [5, 5.41) is 52.5. The van der Waals surface area contributed by atoms with Gasteiger partial charge in [0.2, 0.25) is 0 Å². The Morgan fingerprint density at radius 1 is 1.27 bits per heavy atom. The Balaban J connectivity index is 1.88. The Labute approximate surface area is 154 Å². The van der Waals surface area contributed by atoms with E-state index in [1.165, 1.54) is 6.26 Å². The third-order valence-corrected chi connectivity index (χ3v) is 5.52. The lowest BCUT2D eigenvalue weighted by Crippen LogP contribution is -2.57. The fourth-order valence-electron chi connectivity index (χ4n) is 2.95. The van der Waals surface area contributed by atoms with Gasteiger partial charge >= 0.3 is 0 Å². The number of thioether (sulfide) groups is 1. The summed E-state index contributed by atoms with van der Waals surface area (Å²) in [6.45, 7) is 1.32. The fraction of sp³-hybridized carbons (Fsp3) is 0.471. The Bertz CT molecular complexity index is 739. The molecule has 0 aliphatic carbocycles. The number of nitrogens with one attached hydrogen (secondary N) is 1. The van der Waals surface area contributed by atoms with Crippen molar-refractivity contribution in [3.05, 3.63) is 46.5 Å². The van der Waals surface area contributed by atoms with E-state index in [1.807, 2.05) is 13.0 Å². The molecule has 0 aromatic carbocycles. The summed E-state index contributed by atoms with van der Waals surface area (Å²) >= 11 is 1.02. The van der Waals surface area contributed by atoms with E-state index in [-0.39, 0.29) is 5.92 Å². The van der Waals surface area contributed by atoms with Crippen LogP contribution in [0.25, 0.3) is 0 Å². The summed E-state index contributed by atoms with van der Waals surface area (Å²) in [5.74, 6) is 0.220. The maximum absolute atomic E-state index is 10.2. The van der Waals surface area contributed by atoms with Gasteiger partial charge in [0.1, 0.15) is 35.6 Å². The summed E-state index contributed by atoms with van der Waals surface area (Å²) in [6.07, 6.45) is -1.90. The molecule has 1 saturated heterocycles. The van der Waals surface area contributed by atoms with E-state index >= 15 is 0 Å². The van der Waals surface area contributed by atoms with Crippen LogP contribution in [0.3, 0.4) is 0 Å². The van der Waals surface area contributed by atoms with Gasteiger partial charge in [0.05, 0.1) is 35.5 Å². The van der Waals surface area contributed by atoms with Crippen molar-refractivity contribution in [1.82, 2.24) is 5.32 Å². The number of ether oxygens (including phenoxy) is 1. The summed E-state index contributed by atoms with van der Waals surface area (Å²) in [7, 11) is 0. The number of nitrogens with zero attached hydrogens (tertiary/aromatic N) is 1. The number of dihydropyridines is 1. The minimum Gasteiger partial charge on any atom is -0.468 e. The molecule has 1 fully saturated rings. The molecular formula is C17H20N2O6S. The van der Waals surface area contributed by atoms with Gasteiger partial charge in [-0.15, -0.1) is 0 Å². The third-order valence-electron chi connectivity index (χ3n) is 4.34. The van der Waals surface area contributed by atoms with Crippen molar-refractivity contribution in [3.63, 3.8) is 0 Å². The van der Waals surface area contributed by atoms with E-state index in [0.717, 1.165) is 17.5 Å². The van der Waals surface area contributed by atoms with E-state index in [9.17, 15) is 25.7 Å². The number of aliphatic hydroxyl groups is 4. The van der Waals surface area contributed by atoms with Gasteiger partial charge in [-0.25, -0.2) is 0 Å². The van der Waals surface area contributed by atoms with Crippen molar-refractivity contribution < 1.29 is 29.6 Å². The molecule has 1 aromatic rings. The van der Waals surface area contributed by atoms with Gasteiger partial charge in [-0.05, 0) is 25.1 Å². The summed E-state index contributed by atoms with van der Waals surface area (Å²) in [4.78, 5) is 0. The highest BCUT2D eigenvalue weighted by Crippen LogP contribution is 2.39. The first-order chi connectivity index (χ1) is 12.5. The standard InChI is InChI=1S/C17H20N2O6S/c1-8-5-9(11-3-2-4-24-11)10(6-18)16(19-8)26-17-15(23)14(22)13(21)12(7-20)25-17/h2-5,9,12-15,17,19-23H,7H2,1H3/t9?,12-,13-,14+,15-,17+/m1/s1. The van der Waals surface area contributed by atoms with Crippen molar-refractivity contribution in [2.75, 3.05) is 6.61 Å². The lowest BCUT2D eigenvalue weighted by molar-refractivity contribution is -0.205. The first kappa shape index (κ1) is 19.0. The monoisotopic (exact) mass is 380 g/mol. The average Bonchev–Trinajstić information content (AvgIpc) is 3.16. The van der Waals surface area contributed by atoms with E-state index in [4.69, 9.17) is 9.15 Å². The molecule has 1 aromatic heterocycles. The summed E-state index contributed by atoms with van der Waals surface area (Å²) in [6, 6.07) is 5.66. The van der Waals surface area contributed by atoms with Crippen LogP contribution in [0, 0.1) is 11.3 Å². The second-order valence-electron chi connectivity index (χ2n) is 6.14. The van der Waals surface area contributed by atoms with E-state index in [0.29, 0.717) is 16.4 Å². The van der Waals surface area contributed by atoms with Crippen LogP contribution in [-0.2, 0) is 4.74 Å². The number of allylic oxidation sites excluding steroid dienone is 3. The van der Waals surface area contributed by atoms with Gasteiger partial charge in [0, 0.05) is 5.70 Å². The highest BCUT2D eigenvalue weighted by Gasteiger charge is 2.44. The van der Waals surface area contributed by atoms with Crippen LogP contribution in [0.1, 0.15) is 18.6 Å². The molecule has 3 rings (SSSR count). The molecule has 140 valence electrons. The molecule has 0 radical (unpaired) electrons. The predicted octanol–water partition coefficient (Wildman–Crippen LogP) is 0.138. The van der Waals surface area contributed by atoms with Gasteiger partial charge in [-0.3, -0.25) is 0 Å². The molecule has 8 nitrogen and oxygen atoms in total. The average molecular weight is 380 g/mol. The second-order valence-corrected chi connectivity index (χ2v) is 7.25. The Morgan fingerprint density at radius 2 is 2.04 bits per heavy atom. The van der Waals surface area contributed by atoms with Crippen molar-refractivity contribution >= 4 is 11.8 Å². The van der Waals surface area contributed by atoms with Crippen molar-refractivity contribution in [3.8, 4) is 6.07 Å². The van der Waals surface area contributed by atoms with Crippen molar-refractivity contribution in [2.24, 2.45) is 0 Å². The molecule has 2 aliphatic heterocycles. The van der Waals surface area contributed by atoms with Gasteiger partial charge in [0.15, 0.2) is 0 Å². The van der Waals surface area contributed by atoms with Crippen molar-refractivity contribution in [2.45, 2.75) is 42.7 Å². The SMILES string of the molecule is CC1=CC(c2ccco2)C(C#N)=C(S[C@@H]2O[C@H](CO)[C@@H](O)[C@H](O)[C@H]2O)N1. The van der Waals surface area contributed by atoms with Crippen molar-refractivity contribution in [1.29, 1.82) is 5.26 Å². The molecule has 9 heteroatoms. The number of aliphatic hydroxyl groups excluding tert-OH is 4. The summed E-state index contributed by atoms with van der Waals surface area (Å²) in [5.41, 5.74) is 0.199. The van der Waals surface area contributed by atoms with E-state index in [2.05, 4.69) is 11.4 Å². The molecule has 0 saturated carbocycles. The topological polar surface area (TPSA) is 139 Å². The number of furan rings is 1. The van der Waals surface area contributed by atoms with Crippen LogP contribution < -0.4 is 5.32 Å². The first-order valence-electron chi connectivity index (χ1n) is 8.06. The molecule has 2 aliphatic rings. The zero-order valence-electron chi connectivity index (χ0n) is 13.9. The maximum atomic E-state index is 10.2. The minimum absolute atomic E-state index is 0.382. The molecular weight excluding hydrogens is 360 g/mol. The highest BCUT2D eigenvalue weighted by molar-refractivity contribution is 8.03. The Kier molecular flexibility index (Phi) is 5.72. The van der Waals surface area contributed by atoms with Gasteiger partial charge in [-0.2, -0.15) is 5.26 Å². The molecule has 1 unspecified atom stereocenters. The quantitative estimate of drug-likeness (QED) is 0.493. The van der Waals surface area contributed by atoms with Gasteiger partial charge in [0.25, 0.3) is 0 Å². The zero-order valence-corrected chi connectivity index (χ0v) is 14.8. The van der Waals surface area contributed by atoms with E-state index < -0.39 is 36.5 Å². The maximum Gasteiger partial charge on any atom is 0.138 e. The van der Waals surface area contributed by atoms with Gasteiger partial charge in [-0.1, -0.05) is 11.8 Å². The van der Waals surface area contributed by atoms with Crippen LogP contribution >= 0.6 is 11.8 Å². The predicted molar refractivity (Wildman–Crippen MR) is 92.3 cm³/mol. The Morgan fingerprint density at radius 3 is 2.65 bits per heavy atom. The minimum atomic E-state index is -1.47. The molecule has 6 atom stereocenters. The lowest BCUT2D eigenvalue weighted by Gasteiger charge is -2.40. The van der Waals surface area contributed by atoms with Crippen LogP contribution in [0.5, 0.6) is 0 Å². The van der Waals surface area contributed by atoms with Crippen LogP contribution in [0.2, 0.25) is 0 Å². The van der Waals surface area contributed by atoms with Gasteiger partial charge < -0.3 is 34.9 Å².